The Bertz CT molecular complexity index is 946. The van der Waals surface area contributed by atoms with Crippen LogP contribution in [0, 0.1) is 10.1 Å². The number of ether oxygens (including phenoxy) is 1. The highest BCUT2D eigenvalue weighted by Gasteiger charge is 2.16. The molecule has 134 valence electrons. The van der Waals surface area contributed by atoms with Gasteiger partial charge in [0.1, 0.15) is 0 Å². The molecule has 0 aliphatic rings. The fourth-order valence-corrected chi connectivity index (χ4v) is 2.68. The van der Waals surface area contributed by atoms with E-state index < -0.39 is 4.92 Å². The monoisotopic (exact) mass is 354 g/mol. The summed E-state index contributed by atoms with van der Waals surface area (Å²) in [5.74, 6) is 0.455. The highest BCUT2D eigenvalue weighted by molar-refractivity contribution is 5.97. The Morgan fingerprint density at radius 2 is 2.00 bits per heavy atom. The maximum Gasteiger partial charge on any atom is 0.287 e. The second kappa shape index (κ2) is 7.26. The number of nitro benzene ring substituents is 1. The van der Waals surface area contributed by atoms with E-state index in [4.69, 9.17) is 9.15 Å². The second-order valence-corrected chi connectivity index (χ2v) is 5.95. The predicted octanol–water partition coefficient (Wildman–Crippen LogP) is 3.88. The maximum atomic E-state index is 12.4. The summed E-state index contributed by atoms with van der Waals surface area (Å²) in [5.41, 5.74) is 1.48. The van der Waals surface area contributed by atoms with Gasteiger partial charge in [-0.25, -0.2) is 0 Å². The van der Waals surface area contributed by atoms with Gasteiger partial charge in [0.2, 0.25) is 0 Å². The Balaban J connectivity index is 1.67. The quantitative estimate of drug-likeness (QED) is 0.535. The molecule has 1 N–H and O–H groups in total. The molecule has 0 saturated heterocycles. The first-order valence-electron chi connectivity index (χ1n) is 8.08. The van der Waals surface area contributed by atoms with Crippen molar-refractivity contribution in [2.24, 2.45) is 0 Å². The Hall–Kier alpha value is -3.35. The van der Waals surface area contributed by atoms with Crippen molar-refractivity contribution >= 4 is 22.6 Å². The van der Waals surface area contributed by atoms with Crippen molar-refractivity contribution in [3.63, 3.8) is 0 Å². The molecule has 3 aromatic rings. The molecule has 0 aliphatic heterocycles. The normalized spacial score (nSPS) is 11.9. The number of benzene rings is 2. The van der Waals surface area contributed by atoms with Crippen LogP contribution in [0.25, 0.3) is 11.0 Å². The standard InChI is InChI=1S/C19H18N2O5/c1-12(13-6-8-15(9-7-13)21(23)24)11-20-19(22)17-10-14-4-3-5-16(25-2)18(14)26-17/h3-10,12H,11H2,1-2H3,(H,20,22)/t12-/m0/s1. The summed E-state index contributed by atoms with van der Waals surface area (Å²) in [6.45, 7) is 2.31. The Morgan fingerprint density at radius 3 is 2.65 bits per heavy atom. The lowest BCUT2D eigenvalue weighted by atomic mass is 10.0. The number of carbonyl (C=O) groups excluding carboxylic acids is 1. The van der Waals surface area contributed by atoms with Crippen LogP contribution >= 0.6 is 0 Å². The van der Waals surface area contributed by atoms with Crippen molar-refractivity contribution in [2.75, 3.05) is 13.7 Å². The smallest absolute Gasteiger partial charge is 0.287 e. The molecular formula is C19H18N2O5. The second-order valence-electron chi connectivity index (χ2n) is 5.95. The Kier molecular flexibility index (Phi) is 4.88. The number of fused-ring (bicyclic) bond motifs is 1. The molecule has 26 heavy (non-hydrogen) atoms. The summed E-state index contributed by atoms with van der Waals surface area (Å²) in [5, 5.41) is 14.3. The number of nitrogens with zero attached hydrogens (tertiary/aromatic N) is 1. The number of hydrogen-bond donors (Lipinski definition) is 1. The molecule has 3 rings (SSSR count). The van der Waals surface area contributed by atoms with Crippen LogP contribution in [-0.2, 0) is 0 Å². The molecule has 7 nitrogen and oxygen atoms in total. The molecule has 7 heteroatoms. The van der Waals surface area contributed by atoms with Crippen LogP contribution in [0.2, 0.25) is 0 Å². The number of hydrogen-bond acceptors (Lipinski definition) is 5. The molecule has 0 unspecified atom stereocenters. The van der Waals surface area contributed by atoms with Crippen molar-refractivity contribution in [1.82, 2.24) is 5.32 Å². The lowest BCUT2D eigenvalue weighted by Crippen LogP contribution is -2.27. The number of para-hydroxylation sites is 1. The van der Waals surface area contributed by atoms with Gasteiger partial charge < -0.3 is 14.5 Å². The van der Waals surface area contributed by atoms with Crippen LogP contribution in [0.1, 0.15) is 29.0 Å². The van der Waals surface area contributed by atoms with Gasteiger partial charge in [0.05, 0.1) is 12.0 Å². The van der Waals surface area contributed by atoms with E-state index >= 15 is 0 Å². The minimum atomic E-state index is -0.438. The summed E-state index contributed by atoms with van der Waals surface area (Å²) >= 11 is 0. The largest absolute Gasteiger partial charge is 0.493 e. The summed E-state index contributed by atoms with van der Waals surface area (Å²) in [6.07, 6.45) is 0. The molecule has 0 bridgehead atoms. The lowest BCUT2D eigenvalue weighted by Gasteiger charge is -2.12. The van der Waals surface area contributed by atoms with Gasteiger partial charge in [-0.15, -0.1) is 0 Å². The van der Waals surface area contributed by atoms with Gasteiger partial charge in [-0.05, 0) is 23.6 Å². The number of carbonyl (C=O) groups is 1. The van der Waals surface area contributed by atoms with Gasteiger partial charge in [0.25, 0.3) is 11.6 Å². The van der Waals surface area contributed by atoms with Crippen LogP contribution in [0.4, 0.5) is 5.69 Å². The lowest BCUT2D eigenvalue weighted by molar-refractivity contribution is -0.384. The molecule has 0 spiro atoms. The third-order valence-electron chi connectivity index (χ3n) is 4.19. The number of nitro groups is 1. The van der Waals surface area contributed by atoms with Gasteiger partial charge in [0, 0.05) is 24.1 Å². The van der Waals surface area contributed by atoms with Crippen molar-refractivity contribution in [3.8, 4) is 5.75 Å². The first-order valence-corrected chi connectivity index (χ1v) is 8.08. The highest BCUT2D eigenvalue weighted by Crippen LogP contribution is 2.28. The van der Waals surface area contributed by atoms with Crippen LogP contribution in [0.15, 0.2) is 52.9 Å². The molecule has 1 aromatic heterocycles. The van der Waals surface area contributed by atoms with Crippen molar-refractivity contribution < 1.29 is 18.9 Å². The number of nitrogens with one attached hydrogen (secondary N) is 1. The Labute approximate surface area is 149 Å². The number of non-ortho nitro benzene ring substituents is 1. The van der Waals surface area contributed by atoms with E-state index in [-0.39, 0.29) is 23.3 Å². The van der Waals surface area contributed by atoms with Crippen LogP contribution in [-0.4, -0.2) is 24.5 Å². The van der Waals surface area contributed by atoms with E-state index in [1.807, 2.05) is 19.1 Å². The number of furan rings is 1. The molecule has 0 saturated carbocycles. The molecule has 2 aromatic carbocycles. The summed E-state index contributed by atoms with van der Waals surface area (Å²) in [7, 11) is 1.54. The average molecular weight is 354 g/mol. The number of methoxy groups -OCH3 is 1. The molecule has 0 fully saturated rings. The van der Waals surface area contributed by atoms with E-state index in [1.54, 1.807) is 31.4 Å². The fraction of sp³-hybridized carbons (Fsp3) is 0.211. The van der Waals surface area contributed by atoms with Gasteiger partial charge >= 0.3 is 0 Å². The van der Waals surface area contributed by atoms with E-state index in [1.165, 1.54) is 12.1 Å². The molecule has 0 radical (unpaired) electrons. The van der Waals surface area contributed by atoms with Crippen molar-refractivity contribution in [2.45, 2.75) is 12.8 Å². The fourth-order valence-electron chi connectivity index (χ4n) is 2.68. The van der Waals surface area contributed by atoms with Crippen LogP contribution < -0.4 is 10.1 Å². The van der Waals surface area contributed by atoms with Gasteiger partial charge in [-0.2, -0.15) is 0 Å². The summed E-state index contributed by atoms with van der Waals surface area (Å²) in [6, 6.07) is 13.4. The van der Waals surface area contributed by atoms with Crippen molar-refractivity contribution in [1.29, 1.82) is 0 Å². The topological polar surface area (TPSA) is 94.6 Å². The van der Waals surface area contributed by atoms with E-state index in [0.717, 1.165) is 10.9 Å². The molecule has 1 heterocycles. The SMILES string of the molecule is COc1cccc2cc(C(=O)NC[C@H](C)c3ccc([N+](=O)[O-])cc3)oc12. The molecule has 1 amide bonds. The first kappa shape index (κ1) is 17.5. The van der Waals surface area contributed by atoms with E-state index in [9.17, 15) is 14.9 Å². The van der Waals surface area contributed by atoms with Gasteiger partial charge in [0.15, 0.2) is 17.1 Å². The zero-order chi connectivity index (χ0) is 18.7. The van der Waals surface area contributed by atoms with Crippen molar-refractivity contribution in [3.05, 3.63) is 70.0 Å². The van der Waals surface area contributed by atoms with E-state index in [0.29, 0.717) is 17.9 Å². The van der Waals surface area contributed by atoms with Gasteiger partial charge in [-0.3, -0.25) is 14.9 Å². The first-order chi connectivity index (χ1) is 12.5. The highest BCUT2D eigenvalue weighted by atomic mass is 16.6. The number of rotatable bonds is 6. The third-order valence-corrected chi connectivity index (χ3v) is 4.19. The van der Waals surface area contributed by atoms with Crippen LogP contribution in [0.3, 0.4) is 0 Å². The Morgan fingerprint density at radius 1 is 1.27 bits per heavy atom. The van der Waals surface area contributed by atoms with Crippen LogP contribution in [0.5, 0.6) is 5.75 Å². The predicted molar refractivity (Wildman–Crippen MR) is 96.6 cm³/mol. The summed E-state index contributed by atoms with van der Waals surface area (Å²) < 4.78 is 10.8. The maximum absolute atomic E-state index is 12.4. The van der Waals surface area contributed by atoms with Gasteiger partial charge in [-0.1, -0.05) is 31.2 Å². The molecular weight excluding hydrogens is 336 g/mol. The minimum Gasteiger partial charge on any atom is -0.493 e. The third kappa shape index (κ3) is 3.51. The molecule has 0 aliphatic carbocycles. The zero-order valence-electron chi connectivity index (χ0n) is 14.4. The minimum absolute atomic E-state index is 0.00123. The average Bonchev–Trinajstić information content (AvgIpc) is 3.10. The van der Waals surface area contributed by atoms with E-state index in [2.05, 4.69) is 5.32 Å². The zero-order valence-corrected chi connectivity index (χ0v) is 14.4. The summed E-state index contributed by atoms with van der Waals surface area (Å²) in [4.78, 5) is 22.6. The number of amides is 1. The molecule has 1 atom stereocenters.